The van der Waals surface area contributed by atoms with Crippen LogP contribution in [-0.4, -0.2) is 45.6 Å². The Labute approximate surface area is 148 Å². The van der Waals surface area contributed by atoms with Gasteiger partial charge in [0.15, 0.2) is 11.6 Å². The van der Waals surface area contributed by atoms with E-state index in [-0.39, 0.29) is 5.92 Å². The van der Waals surface area contributed by atoms with Gasteiger partial charge in [0, 0.05) is 29.3 Å². The number of rotatable bonds is 3. The van der Waals surface area contributed by atoms with Gasteiger partial charge in [0.05, 0.1) is 0 Å². The highest BCUT2D eigenvalue weighted by Gasteiger charge is 2.27. The van der Waals surface area contributed by atoms with Crippen LogP contribution in [0.3, 0.4) is 0 Å². The van der Waals surface area contributed by atoms with E-state index in [4.69, 9.17) is 14.0 Å². The van der Waals surface area contributed by atoms with Crippen LogP contribution in [0.2, 0.25) is 0 Å². The zero-order valence-electron chi connectivity index (χ0n) is 13.6. The summed E-state index contributed by atoms with van der Waals surface area (Å²) in [7, 11) is 0. The Morgan fingerprint density at radius 1 is 1.32 bits per heavy atom. The summed E-state index contributed by atoms with van der Waals surface area (Å²) in [6.07, 6.45) is 2.55. The van der Waals surface area contributed by atoms with Gasteiger partial charge in [0.1, 0.15) is 5.58 Å². The normalized spacial score (nSPS) is 15.8. The molecule has 1 aliphatic heterocycles. The first-order valence-electron chi connectivity index (χ1n) is 8.03. The van der Waals surface area contributed by atoms with E-state index >= 15 is 0 Å². The number of carboxylic acid groups (broad SMARTS) is 1. The molecule has 25 heavy (non-hydrogen) atoms. The van der Waals surface area contributed by atoms with Gasteiger partial charge in [-0.15, -0.1) is 11.8 Å². The van der Waals surface area contributed by atoms with Crippen molar-refractivity contribution in [2.45, 2.75) is 23.7 Å². The number of furan rings is 1. The Hall–Kier alpha value is -2.48. The molecule has 3 aromatic rings. The molecule has 0 spiro atoms. The summed E-state index contributed by atoms with van der Waals surface area (Å²) in [5.41, 5.74) is 0.780. The maximum absolute atomic E-state index is 11.0. The van der Waals surface area contributed by atoms with Gasteiger partial charge in [-0.1, -0.05) is 5.16 Å². The average Bonchev–Trinajstić information content (AvgIpc) is 3.27. The van der Waals surface area contributed by atoms with E-state index in [9.17, 15) is 4.79 Å². The summed E-state index contributed by atoms with van der Waals surface area (Å²) in [6, 6.07) is 7.91. The monoisotopic (exact) mass is 359 g/mol. The molecule has 0 saturated carbocycles. The van der Waals surface area contributed by atoms with Gasteiger partial charge in [-0.2, -0.15) is 4.98 Å². The second kappa shape index (κ2) is 6.44. The molecular formula is C17H17N3O4S. The van der Waals surface area contributed by atoms with E-state index < -0.39 is 6.09 Å². The smallest absolute Gasteiger partial charge is 0.407 e. The zero-order valence-corrected chi connectivity index (χ0v) is 14.5. The number of amides is 1. The van der Waals surface area contributed by atoms with E-state index in [1.165, 1.54) is 4.90 Å². The van der Waals surface area contributed by atoms with Gasteiger partial charge in [-0.25, -0.2) is 4.79 Å². The van der Waals surface area contributed by atoms with Gasteiger partial charge in [-0.05, 0) is 43.4 Å². The molecule has 1 N–H and O–H groups in total. The molecule has 0 atom stereocenters. The maximum Gasteiger partial charge on any atom is 0.407 e. The fourth-order valence-electron chi connectivity index (χ4n) is 3.08. The van der Waals surface area contributed by atoms with E-state index in [1.807, 2.05) is 24.5 Å². The minimum absolute atomic E-state index is 0.112. The first kappa shape index (κ1) is 16.0. The molecule has 8 heteroatoms. The lowest BCUT2D eigenvalue weighted by Gasteiger charge is -2.28. The number of hydrogen-bond donors (Lipinski definition) is 1. The van der Waals surface area contributed by atoms with Gasteiger partial charge in [0.25, 0.3) is 5.89 Å². The number of hydrogen-bond acceptors (Lipinski definition) is 6. The summed E-state index contributed by atoms with van der Waals surface area (Å²) >= 11 is 1.67. The molecule has 0 unspecified atom stereocenters. The third kappa shape index (κ3) is 3.09. The molecule has 7 nitrogen and oxygen atoms in total. The van der Waals surface area contributed by atoms with Crippen molar-refractivity contribution in [3.63, 3.8) is 0 Å². The van der Waals surface area contributed by atoms with Crippen molar-refractivity contribution >= 4 is 28.8 Å². The lowest BCUT2D eigenvalue weighted by molar-refractivity contribution is 0.131. The number of fused-ring (bicyclic) bond motifs is 1. The number of benzene rings is 1. The molecular weight excluding hydrogens is 342 g/mol. The van der Waals surface area contributed by atoms with Crippen LogP contribution in [-0.2, 0) is 0 Å². The molecule has 0 radical (unpaired) electrons. The summed E-state index contributed by atoms with van der Waals surface area (Å²) in [4.78, 5) is 18.0. The number of carbonyl (C=O) groups is 1. The molecule has 1 amide bonds. The fraction of sp³-hybridized carbons (Fsp3) is 0.353. The topological polar surface area (TPSA) is 92.6 Å². The second-order valence-electron chi connectivity index (χ2n) is 6.02. The van der Waals surface area contributed by atoms with Crippen LogP contribution < -0.4 is 0 Å². The van der Waals surface area contributed by atoms with Crippen LogP contribution in [0, 0.1) is 0 Å². The average molecular weight is 359 g/mol. The summed E-state index contributed by atoms with van der Waals surface area (Å²) in [5, 5.41) is 14.1. The Morgan fingerprint density at radius 2 is 2.12 bits per heavy atom. The number of likely N-dealkylation sites (tertiary alicyclic amines) is 1. The Balaban J connectivity index is 1.54. The first-order chi connectivity index (χ1) is 12.1. The van der Waals surface area contributed by atoms with Crippen molar-refractivity contribution in [1.82, 2.24) is 15.0 Å². The molecule has 1 saturated heterocycles. The highest BCUT2D eigenvalue weighted by Crippen LogP contribution is 2.32. The maximum atomic E-state index is 11.0. The van der Waals surface area contributed by atoms with Gasteiger partial charge in [0.2, 0.25) is 0 Å². The van der Waals surface area contributed by atoms with E-state index in [1.54, 1.807) is 11.8 Å². The zero-order chi connectivity index (χ0) is 17.4. The highest BCUT2D eigenvalue weighted by atomic mass is 32.2. The Bertz CT molecular complexity index is 912. The third-order valence-corrected chi connectivity index (χ3v) is 5.23. The third-order valence-electron chi connectivity index (χ3n) is 4.51. The largest absolute Gasteiger partial charge is 0.465 e. The predicted molar refractivity (Wildman–Crippen MR) is 92.9 cm³/mol. The minimum atomic E-state index is -0.876. The van der Waals surface area contributed by atoms with Gasteiger partial charge < -0.3 is 18.9 Å². The molecule has 2 aromatic heterocycles. The molecule has 130 valence electrons. The van der Waals surface area contributed by atoms with Gasteiger partial charge in [-0.3, -0.25) is 0 Å². The molecule has 0 bridgehead atoms. The Morgan fingerprint density at radius 3 is 2.84 bits per heavy atom. The second-order valence-corrected chi connectivity index (χ2v) is 6.90. The highest BCUT2D eigenvalue weighted by molar-refractivity contribution is 7.98. The summed E-state index contributed by atoms with van der Waals surface area (Å²) in [6.45, 7) is 0.984. The SMILES string of the molecule is CSc1ccc2oc(-c3nc(C4CCN(C(=O)O)CC4)no3)cc2c1. The standard InChI is InChI=1S/C17H17N3O4S/c1-25-12-2-3-13-11(8-12)9-14(23-13)16-18-15(19-24-16)10-4-6-20(7-5-10)17(21)22/h2-3,8-10H,4-7H2,1H3,(H,21,22). The van der Waals surface area contributed by atoms with Crippen LogP contribution in [0.25, 0.3) is 22.6 Å². The van der Waals surface area contributed by atoms with E-state index in [0.717, 1.165) is 15.9 Å². The number of aromatic nitrogens is 2. The van der Waals surface area contributed by atoms with Crippen LogP contribution >= 0.6 is 11.8 Å². The van der Waals surface area contributed by atoms with Crippen molar-refractivity contribution in [3.8, 4) is 11.7 Å². The number of nitrogens with zero attached hydrogens (tertiary/aromatic N) is 3. The van der Waals surface area contributed by atoms with Crippen molar-refractivity contribution in [2.24, 2.45) is 0 Å². The van der Waals surface area contributed by atoms with Crippen LogP contribution in [0.4, 0.5) is 4.79 Å². The molecule has 4 rings (SSSR count). The van der Waals surface area contributed by atoms with Crippen molar-refractivity contribution in [1.29, 1.82) is 0 Å². The quantitative estimate of drug-likeness (QED) is 0.705. The summed E-state index contributed by atoms with van der Waals surface area (Å²) < 4.78 is 11.2. The lowest BCUT2D eigenvalue weighted by atomic mass is 9.96. The van der Waals surface area contributed by atoms with Crippen molar-refractivity contribution in [2.75, 3.05) is 19.3 Å². The van der Waals surface area contributed by atoms with E-state index in [2.05, 4.69) is 16.2 Å². The summed E-state index contributed by atoms with van der Waals surface area (Å²) in [5.74, 6) is 1.64. The van der Waals surface area contributed by atoms with Gasteiger partial charge >= 0.3 is 6.09 Å². The molecule has 1 aromatic carbocycles. The lowest BCUT2D eigenvalue weighted by Crippen LogP contribution is -2.37. The molecule has 1 aliphatic rings. The number of piperidine rings is 1. The fourth-order valence-corrected chi connectivity index (χ4v) is 3.53. The molecule has 0 aliphatic carbocycles. The van der Waals surface area contributed by atoms with Crippen LogP contribution in [0.5, 0.6) is 0 Å². The van der Waals surface area contributed by atoms with Crippen LogP contribution in [0.15, 0.2) is 38.1 Å². The van der Waals surface area contributed by atoms with Crippen molar-refractivity contribution < 1.29 is 18.8 Å². The van der Waals surface area contributed by atoms with Crippen LogP contribution in [0.1, 0.15) is 24.6 Å². The number of thioether (sulfide) groups is 1. The molecule has 3 heterocycles. The minimum Gasteiger partial charge on any atom is -0.465 e. The predicted octanol–water partition coefficient (Wildman–Crippen LogP) is 4.06. The molecule has 1 fully saturated rings. The van der Waals surface area contributed by atoms with Crippen molar-refractivity contribution in [3.05, 3.63) is 30.1 Å². The Kier molecular flexibility index (Phi) is 4.12. The van der Waals surface area contributed by atoms with E-state index in [0.29, 0.717) is 43.4 Å². The first-order valence-corrected chi connectivity index (χ1v) is 9.26.